The second kappa shape index (κ2) is 4.94. The van der Waals surface area contributed by atoms with Gasteiger partial charge < -0.3 is 9.47 Å². The van der Waals surface area contributed by atoms with Crippen LogP contribution in [-0.2, 0) is 23.9 Å². The lowest BCUT2D eigenvalue weighted by atomic mass is 9.53. The smallest absolute Gasteiger partial charge is 0.319 e. The summed E-state index contributed by atoms with van der Waals surface area (Å²) in [5.41, 5.74) is -1.69. The Kier molecular flexibility index (Phi) is 3.65. The molecule has 0 radical (unpaired) electrons. The van der Waals surface area contributed by atoms with Crippen LogP contribution in [0.25, 0.3) is 0 Å². The third kappa shape index (κ3) is 2.05. The zero-order valence-electron chi connectivity index (χ0n) is 11.5. The number of fused-ring (bicyclic) bond motifs is 3. The van der Waals surface area contributed by atoms with Crippen LogP contribution in [0.3, 0.4) is 0 Å². The van der Waals surface area contributed by atoms with Crippen molar-refractivity contribution in [2.24, 2.45) is 10.8 Å². The molecule has 0 aromatic rings. The number of hydrogen-bond donors (Lipinski definition) is 0. The largest absolute Gasteiger partial charge is 0.466 e. The molecule has 3 saturated carbocycles. The molecule has 3 fully saturated rings. The lowest BCUT2D eigenvalue weighted by molar-refractivity contribution is -0.181. The summed E-state index contributed by atoms with van der Waals surface area (Å²) in [5.74, 6) is -0.867. The molecule has 3 aliphatic carbocycles. The number of Topliss-reactive ketones (excluding diaryl/α,β-unsaturated/α-hetero) is 1. The molecule has 0 unspecified atom stereocenters. The summed E-state index contributed by atoms with van der Waals surface area (Å²) in [4.78, 5) is 36.4. The van der Waals surface area contributed by atoms with E-state index in [2.05, 4.69) is 0 Å². The maximum Gasteiger partial charge on any atom is 0.319 e. The number of hydrogen-bond acceptors (Lipinski definition) is 5. The summed E-state index contributed by atoms with van der Waals surface area (Å²) in [6.07, 6.45) is 2.00. The molecule has 3 rings (SSSR count). The number of ketones is 1. The van der Waals surface area contributed by atoms with E-state index in [1.807, 2.05) is 0 Å². The van der Waals surface area contributed by atoms with Gasteiger partial charge in [-0.2, -0.15) is 0 Å². The van der Waals surface area contributed by atoms with Gasteiger partial charge in [-0.05, 0) is 39.5 Å². The summed E-state index contributed by atoms with van der Waals surface area (Å²) in [6, 6.07) is 0. The van der Waals surface area contributed by atoms with E-state index in [1.54, 1.807) is 13.8 Å². The highest BCUT2D eigenvalue weighted by Gasteiger charge is 2.61. The molecule has 19 heavy (non-hydrogen) atoms. The molecule has 0 aromatic carbocycles. The highest BCUT2D eigenvalue weighted by Crippen LogP contribution is 2.55. The van der Waals surface area contributed by atoms with Gasteiger partial charge in [-0.25, -0.2) is 0 Å². The number of rotatable bonds is 4. The molecular weight excluding hydrogens is 248 g/mol. The van der Waals surface area contributed by atoms with E-state index in [9.17, 15) is 14.4 Å². The Morgan fingerprint density at radius 2 is 1.53 bits per heavy atom. The van der Waals surface area contributed by atoms with Crippen molar-refractivity contribution in [1.29, 1.82) is 0 Å². The van der Waals surface area contributed by atoms with E-state index in [4.69, 9.17) is 9.47 Å². The first kappa shape index (κ1) is 14.0. The van der Waals surface area contributed by atoms with Crippen LogP contribution in [0.1, 0.15) is 46.0 Å². The van der Waals surface area contributed by atoms with Crippen molar-refractivity contribution in [2.45, 2.75) is 46.0 Å². The number of ether oxygens (including phenoxy) is 2. The molecule has 0 aromatic heterocycles. The summed E-state index contributed by atoms with van der Waals surface area (Å²) < 4.78 is 10.1. The fourth-order valence-corrected chi connectivity index (χ4v) is 3.24. The van der Waals surface area contributed by atoms with Gasteiger partial charge in [0.2, 0.25) is 0 Å². The summed E-state index contributed by atoms with van der Waals surface area (Å²) in [5, 5.41) is 0. The third-order valence-corrected chi connectivity index (χ3v) is 4.47. The van der Waals surface area contributed by atoms with Gasteiger partial charge in [0.15, 0.2) is 5.78 Å². The number of carbonyl (C=O) groups excluding carboxylic acids is 3. The van der Waals surface area contributed by atoms with Gasteiger partial charge in [0, 0.05) is 6.42 Å². The Balaban J connectivity index is 2.18. The van der Waals surface area contributed by atoms with E-state index in [-0.39, 0.29) is 24.8 Å². The average Bonchev–Trinajstić information content (AvgIpc) is 2.40. The molecule has 3 aliphatic rings. The number of esters is 2. The Bertz CT molecular complexity index is 404. The molecule has 0 amide bonds. The van der Waals surface area contributed by atoms with Crippen molar-refractivity contribution < 1.29 is 23.9 Å². The Labute approximate surface area is 112 Å². The zero-order valence-corrected chi connectivity index (χ0v) is 11.5. The van der Waals surface area contributed by atoms with E-state index in [0.717, 1.165) is 0 Å². The second-order valence-electron chi connectivity index (χ2n) is 5.40. The molecule has 0 heterocycles. The standard InChI is InChI=1S/C14H20O5/c1-3-18-11(16)13-5-7-14(8-6-13,10(15)9-13)12(17)19-4-2/h3-9H2,1-2H3. The lowest BCUT2D eigenvalue weighted by Crippen LogP contribution is -2.55. The fraction of sp³-hybridized carbons (Fsp3) is 0.786. The van der Waals surface area contributed by atoms with Crippen LogP contribution in [0.4, 0.5) is 0 Å². The minimum atomic E-state index is -0.996. The van der Waals surface area contributed by atoms with Crippen LogP contribution in [0.5, 0.6) is 0 Å². The van der Waals surface area contributed by atoms with Crippen LogP contribution in [0.2, 0.25) is 0 Å². The van der Waals surface area contributed by atoms with Crippen LogP contribution >= 0.6 is 0 Å². The summed E-state index contributed by atoms with van der Waals surface area (Å²) in [7, 11) is 0. The molecule has 0 saturated heterocycles. The molecule has 0 atom stereocenters. The highest BCUT2D eigenvalue weighted by molar-refractivity contribution is 6.07. The number of carbonyl (C=O) groups is 3. The van der Waals surface area contributed by atoms with Gasteiger partial charge in [-0.3, -0.25) is 14.4 Å². The molecule has 0 spiro atoms. The highest BCUT2D eigenvalue weighted by atomic mass is 16.5. The van der Waals surface area contributed by atoms with Crippen molar-refractivity contribution >= 4 is 17.7 Å². The minimum Gasteiger partial charge on any atom is -0.466 e. The average molecular weight is 268 g/mol. The minimum absolute atomic E-state index is 0.116. The Morgan fingerprint density at radius 1 is 1.00 bits per heavy atom. The molecule has 5 heteroatoms. The van der Waals surface area contributed by atoms with Crippen molar-refractivity contribution in [3.05, 3.63) is 0 Å². The Hall–Kier alpha value is -1.39. The SMILES string of the molecule is CCOC(=O)C12CCC(C(=O)OCC)(CC1)C(=O)C2. The first-order chi connectivity index (χ1) is 9.00. The monoisotopic (exact) mass is 268 g/mol. The molecular formula is C14H20O5. The first-order valence-electron chi connectivity index (χ1n) is 6.88. The fourth-order valence-electron chi connectivity index (χ4n) is 3.24. The van der Waals surface area contributed by atoms with Crippen LogP contribution < -0.4 is 0 Å². The van der Waals surface area contributed by atoms with E-state index in [0.29, 0.717) is 32.3 Å². The van der Waals surface area contributed by atoms with Gasteiger partial charge in [-0.15, -0.1) is 0 Å². The molecule has 0 N–H and O–H groups in total. The normalized spacial score (nSPS) is 33.1. The van der Waals surface area contributed by atoms with Crippen molar-refractivity contribution in [3.63, 3.8) is 0 Å². The first-order valence-corrected chi connectivity index (χ1v) is 6.88. The van der Waals surface area contributed by atoms with Crippen molar-refractivity contribution in [2.75, 3.05) is 13.2 Å². The molecule has 0 aliphatic heterocycles. The van der Waals surface area contributed by atoms with Crippen molar-refractivity contribution in [1.82, 2.24) is 0 Å². The molecule has 2 bridgehead atoms. The van der Waals surface area contributed by atoms with Gasteiger partial charge in [0.25, 0.3) is 0 Å². The second-order valence-corrected chi connectivity index (χ2v) is 5.40. The lowest BCUT2D eigenvalue weighted by Gasteiger charge is -2.48. The maximum atomic E-state index is 12.3. The molecule has 5 nitrogen and oxygen atoms in total. The van der Waals surface area contributed by atoms with Gasteiger partial charge in [-0.1, -0.05) is 0 Å². The predicted molar refractivity (Wildman–Crippen MR) is 66.2 cm³/mol. The van der Waals surface area contributed by atoms with Crippen LogP contribution in [-0.4, -0.2) is 30.9 Å². The van der Waals surface area contributed by atoms with Crippen LogP contribution in [0.15, 0.2) is 0 Å². The van der Waals surface area contributed by atoms with E-state index < -0.39 is 16.8 Å². The van der Waals surface area contributed by atoms with Gasteiger partial charge in [0.05, 0.1) is 18.6 Å². The van der Waals surface area contributed by atoms with E-state index >= 15 is 0 Å². The quantitative estimate of drug-likeness (QED) is 0.572. The van der Waals surface area contributed by atoms with Gasteiger partial charge in [0.1, 0.15) is 5.41 Å². The summed E-state index contributed by atoms with van der Waals surface area (Å²) in [6.45, 7) is 4.08. The predicted octanol–water partition coefficient (Wildman–Crippen LogP) is 1.63. The Morgan fingerprint density at radius 3 is 2.00 bits per heavy atom. The summed E-state index contributed by atoms with van der Waals surface area (Å²) >= 11 is 0. The topological polar surface area (TPSA) is 69.7 Å². The molecule has 106 valence electrons. The van der Waals surface area contributed by atoms with Crippen LogP contribution in [0, 0.1) is 10.8 Å². The van der Waals surface area contributed by atoms with E-state index in [1.165, 1.54) is 0 Å². The maximum absolute atomic E-state index is 12.3. The van der Waals surface area contributed by atoms with Crippen molar-refractivity contribution in [3.8, 4) is 0 Å². The van der Waals surface area contributed by atoms with Gasteiger partial charge >= 0.3 is 11.9 Å². The third-order valence-electron chi connectivity index (χ3n) is 4.47. The zero-order chi connectivity index (χ0) is 14.1.